The van der Waals surface area contributed by atoms with Crippen molar-refractivity contribution < 1.29 is 4.79 Å². The van der Waals surface area contributed by atoms with Crippen LogP contribution in [0.15, 0.2) is 17.7 Å². The predicted molar refractivity (Wildman–Crippen MR) is 96.9 cm³/mol. The molecule has 1 aliphatic heterocycles. The highest BCUT2D eigenvalue weighted by Crippen LogP contribution is 2.17. The molecular weight excluding hydrogens is 338 g/mol. The van der Waals surface area contributed by atoms with Gasteiger partial charge in [0.25, 0.3) is 5.91 Å². The Morgan fingerprint density at radius 2 is 2.12 bits per heavy atom. The summed E-state index contributed by atoms with van der Waals surface area (Å²) < 4.78 is 1.85. The maximum absolute atomic E-state index is 12.3. The molecule has 0 spiro atoms. The van der Waals surface area contributed by atoms with Gasteiger partial charge >= 0.3 is 0 Å². The molecule has 1 N–H and O–H groups in total. The highest BCUT2D eigenvalue weighted by atomic mass is 32.2. The molecule has 134 valence electrons. The van der Waals surface area contributed by atoms with Crippen LogP contribution in [0.5, 0.6) is 0 Å². The molecule has 0 aromatic carbocycles. The summed E-state index contributed by atoms with van der Waals surface area (Å²) in [6, 6.07) is 0. The minimum Gasteiger partial charge on any atom is -0.351 e. The maximum atomic E-state index is 12.3. The molecule has 8 nitrogen and oxygen atoms in total. The Labute approximate surface area is 151 Å². The zero-order chi connectivity index (χ0) is 17.6. The highest BCUT2D eigenvalue weighted by Gasteiger charge is 2.16. The zero-order valence-corrected chi connectivity index (χ0v) is 15.4. The molecule has 2 aromatic rings. The molecule has 0 unspecified atom stereocenters. The van der Waals surface area contributed by atoms with Crippen molar-refractivity contribution in [2.24, 2.45) is 7.05 Å². The summed E-state index contributed by atoms with van der Waals surface area (Å²) in [6.07, 6.45) is 6.91. The number of rotatable bonds is 6. The third-order valence-electron chi connectivity index (χ3n) is 4.14. The maximum Gasteiger partial charge on any atom is 0.254 e. The van der Waals surface area contributed by atoms with E-state index in [2.05, 4.69) is 30.4 Å². The van der Waals surface area contributed by atoms with Gasteiger partial charge in [-0.05, 0) is 26.2 Å². The van der Waals surface area contributed by atoms with Gasteiger partial charge in [-0.3, -0.25) is 4.79 Å². The van der Waals surface area contributed by atoms with E-state index in [1.807, 2.05) is 18.5 Å². The Morgan fingerprint density at radius 1 is 1.32 bits per heavy atom. The van der Waals surface area contributed by atoms with Gasteiger partial charge in [-0.1, -0.05) is 11.8 Å². The highest BCUT2D eigenvalue weighted by molar-refractivity contribution is 7.99. The molecule has 0 atom stereocenters. The van der Waals surface area contributed by atoms with Gasteiger partial charge in [0.15, 0.2) is 5.16 Å². The predicted octanol–water partition coefficient (Wildman–Crippen LogP) is 1.43. The fourth-order valence-electron chi connectivity index (χ4n) is 2.73. The smallest absolute Gasteiger partial charge is 0.254 e. The van der Waals surface area contributed by atoms with Crippen LogP contribution in [0.2, 0.25) is 0 Å². The quantitative estimate of drug-likeness (QED) is 0.615. The summed E-state index contributed by atoms with van der Waals surface area (Å²) in [5.74, 6) is 1.32. The second kappa shape index (κ2) is 8.28. The molecule has 0 aliphatic carbocycles. The van der Waals surface area contributed by atoms with E-state index in [4.69, 9.17) is 0 Å². The standard InChI is InChI=1S/C16H23N7OS/c1-12-13(10-18-15(20-12)23-7-4-3-5-8-23)14(24)17-6-9-25-16-21-19-11-22(16)2/h10-11H,3-9H2,1-2H3,(H,17,24). The number of nitrogens with one attached hydrogen (secondary N) is 1. The average Bonchev–Trinajstić information content (AvgIpc) is 3.04. The minimum absolute atomic E-state index is 0.138. The van der Waals surface area contributed by atoms with Crippen LogP contribution < -0.4 is 10.2 Å². The lowest BCUT2D eigenvalue weighted by Crippen LogP contribution is -2.32. The number of carbonyl (C=O) groups excluding carboxylic acids is 1. The normalized spacial score (nSPS) is 14.6. The van der Waals surface area contributed by atoms with Crippen molar-refractivity contribution in [1.29, 1.82) is 0 Å². The van der Waals surface area contributed by atoms with Crippen LogP contribution in [0.4, 0.5) is 5.95 Å². The van der Waals surface area contributed by atoms with E-state index in [-0.39, 0.29) is 5.91 Å². The molecule has 0 bridgehead atoms. The van der Waals surface area contributed by atoms with Crippen molar-refractivity contribution in [3.63, 3.8) is 0 Å². The Morgan fingerprint density at radius 3 is 2.80 bits per heavy atom. The zero-order valence-electron chi connectivity index (χ0n) is 14.6. The number of aryl methyl sites for hydroxylation is 2. The van der Waals surface area contributed by atoms with Gasteiger partial charge in [0.2, 0.25) is 5.95 Å². The summed E-state index contributed by atoms with van der Waals surface area (Å²) in [5, 5.41) is 11.6. The number of aromatic nitrogens is 5. The van der Waals surface area contributed by atoms with Crippen LogP contribution in [0.3, 0.4) is 0 Å². The van der Waals surface area contributed by atoms with Crippen molar-refractivity contribution in [1.82, 2.24) is 30.0 Å². The Hall–Kier alpha value is -2.16. The molecule has 0 saturated carbocycles. The van der Waals surface area contributed by atoms with Gasteiger partial charge in [-0.15, -0.1) is 10.2 Å². The molecule has 3 rings (SSSR count). The van der Waals surface area contributed by atoms with E-state index < -0.39 is 0 Å². The SMILES string of the molecule is Cc1nc(N2CCCCC2)ncc1C(=O)NCCSc1nncn1C. The summed E-state index contributed by atoms with van der Waals surface area (Å²) in [5.41, 5.74) is 1.25. The Balaban J connectivity index is 1.52. The number of hydrogen-bond donors (Lipinski definition) is 1. The lowest BCUT2D eigenvalue weighted by molar-refractivity contribution is 0.0954. The molecule has 1 amide bonds. The first-order chi connectivity index (χ1) is 12.1. The van der Waals surface area contributed by atoms with E-state index in [0.717, 1.165) is 29.9 Å². The Kier molecular flexibility index (Phi) is 5.85. The van der Waals surface area contributed by atoms with Gasteiger partial charge in [0.05, 0.1) is 11.3 Å². The lowest BCUT2D eigenvalue weighted by Gasteiger charge is -2.26. The largest absolute Gasteiger partial charge is 0.351 e. The monoisotopic (exact) mass is 361 g/mol. The van der Waals surface area contributed by atoms with Crippen LogP contribution in [0, 0.1) is 6.92 Å². The van der Waals surface area contributed by atoms with Gasteiger partial charge in [0.1, 0.15) is 6.33 Å². The fourth-order valence-corrected chi connectivity index (χ4v) is 3.47. The van der Waals surface area contributed by atoms with Crippen LogP contribution >= 0.6 is 11.8 Å². The summed E-state index contributed by atoms with van der Waals surface area (Å²) in [4.78, 5) is 23.4. The molecule has 1 saturated heterocycles. The molecule has 0 radical (unpaired) electrons. The molecule has 9 heteroatoms. The van der Waals surface area contributed by atoms with Gasteiger partial charge in [0, 0.05) is 38.6 Å². The topological polar surface area (TPSA) is 88.8 Å². The van der Waals surface area contributed by atoms with Crippen molar-refractivity contribution in [2.75, 3.05) is 30.3 Å². The van der Waals surface area contributed by atoms with E-state index in [0.29, 0.717) is 17.8 Å². The minimum atomic E-state index is -0.138. The molecule has 3 heterocycles. The second-order valence-electron chi connectivity index (χ2n) is 6.05. The summed E-state index contributed by atoms with van der Waals surface area (Å²) in [7, 11) is 1.89. The van der Waals surface area contributed by atoms with Crippen molar-refractivity contribution in [3.05, 3.63) is 23.8 Å². The first-order valence-corrected chi connectivity index (χ1v) is 9.47. The van der Waals surface area contributed by atoms with Crippen LogP contribution in [0.25, 0.3) is 0 Å². The Bertz CT molecular complexity index is 727. The van der Waals surface area contributed by atoms with Crippen molar-refractivity contribution >= 4 is 23.6 Å². The third-order valence-corrected chi connectivity index (χ3v) is 5.17. The molecule has 25 heavy (non-hydrogen) atoms. The number of amides is 1. The lowest BCUT2D eigenvalue weighted by atomic mass is 10.1. The number of nitrogens with zero attached hydrogens (tertiary/aromatic N) is 6. The number of thioether (sulfide) groups is 1. The molecule has 1 fully saturated rings. The average molecular weight is 361 g/mol. The van der Waals surface area contributed by atoms with E-state index in [1.165, 1.54) is 19.3 Å². The van der Waals surface area contributed by atoms with Gasteiger partial charge < -0.3 is 14.8 Å². The van der Waals surface area contributed by atoms with Gasteiger partial charge in [-0.25, -0.2) is 9.97 Å². The van der Waals surface area contributed by atoms with Crippen LogP contribution in [-0.4, -0.2) is 56.0 Å². The fraction of sp³-hybridized carbons (Fsp3) is 0.562. The molecule has 1 aliphatic rings. The van der Waals surface area contributed by atoms with Crippen molar-refractivity contribution in [2.45, 2.75) is 31.3 Å². The number of anilines is 1. The third kappa shape index (κ3) is 4.47. The second-order valence-corrected chi connectivity index (χ2v) is 7.11. The molecule has 2 aromatic heterocycles. The van der Waals surface area contributed by atoms with E-state index >= 15 is 0 Å². The van der Waals surface area contributed by atoms with Gasteiger partial charge in [-0.2, -0.15) is 0 Å². The summed E-state index contributed by atoms with van der Waals surface area (Å²) >= 11 is 1.55. The van der Waals surface area contributed by atoms with Crippen LogP contribution in [-0.2, 0) is 7.05 Å². The van der Waals surface area contributed by atoms with E-state index in [1.54, 1.807) is 24.3 Å². The summed E-state index contributed by atoms with van der Waals surface area (Å²) in [6.45, 7) is 4.39. The number of hydrogen-bond acceptors (Lipinski definition) is 7. The van der Waals surface area contributed by atoms with E-state index in [9.17, 15) is 4.79 Å². The number of carbonyl (C=O) groups is 1. The van der Waals surface area contributed by atoms with Crippen molar-refractivity contribution in [3.8, 4) is 0 Å². The molecular formula is C16H23N7OS. The first-order valence-electron chi connectivity index (χ1n) is 8.49. The van der Waals surface area contributed by atoms with Crippen LogP contribution in [0.1, 0.15) is 35.3 Å². The first kappa shape index (κ1) is 17.7. The number of piperidine rings is 1.